The van der Waals surface area contributed by atoms with E-state index in [4.69, 9.17) is 22.9 Å². The number of hydrogen-bond acceptors (Lipinski definition) is 28. The normalized spacial score (nSPS) is 18.4. The van der Waals surface area contributed by atoms with E-state index in [0.717, 1.165) is 18.7 Å². The minimum atomic E-state index is -2.04. The molecule has 0 aliphatic carbocycles. The summed E-state index contributed by atoms with van der Waals surface area (Å²) in [6.07, 6.45) is -1.66. The van der Waals surface area contributed by atoms with Gasteiger partial charge in [0.1, 0.15) is 114 Å². The number of H-pyrrole nitrogens is 1. The van der Waals surface area contributed by atoms with Crippen molar-refractivity contribution in [2.45, 2.75) is 306 Å². The summed E-state index contributed by atoms with van der Waals surface area (Å²) in [7, 11) is 0. The number of nitrogens with two attached hydrogens (primary N) is 4. The second-order valence-electron chi connectivity index (χ2n) is 38.3. The highest BCUT2D eigenvalue weighted by atomic mass is 16.4. The number of carboxylic acid groups (broad SMARTS) is 3. The Morgan fingerprint density at radius 3 is 1.28 bits per heavy atom. The van der Waals surface area contributed by atoms with Crippen molar-refractivity contribution in [2.24, 2.45) is 40.7 Å². The number of nitrogens with one attached hydrogen (secondary N) is 15. The number of carboxylic acids is 3. The van der Waals surface area contributed by atoms with Crippen molar-refractivity contribution in [2.75, 3.05) is 32.7 Å². The van der Waals surface area contributed by atoms with Crippen LogP contribution in [0.15, 0.2) is 61.1 Å². The number of carbonyl (C=O) groups excluding carboxylic acids is 21. The topological polar surface area (TPSA) is 825 Å². The molecule has 21 amide bonds. The fraction of sp³-hybridized carbons (Fsp3) is 0.589. The van der Waals surface area contributed by atoms with Crippen LogP contribution in [0.3, 0.4) is 0 Å². The first kappa shape index (κ1) is 119. The van der Waals surface area contributed by atoms with E-state index in [1.807, 2.05) is 0 Å². The molecule has 4 aliphatic rings. The molecule has 148 heavy (non-hydrogen) atoms. The van der Waals surface area contributed by atoms with Crippen LogP contribution in [-0.4, -0.2) is 339 Å². The number of benzene rings is 2. The zero-order chi connectivity index (χ0) is 110. The van der Waals surface area contributed by atoms with Gasteiger partial charge in [0.05, 0.1) is 38.2 Å². The number of aromatic nitrogens is 2. The van der Waals surface area contributed by atoms with E-state index in [2.05, 4.69) is 84.4 Å². The monoisotopic (exact) mass is 2080 g/mol. The first-order valence-electron chi connectivity index (χ1n) is 49.0. The van der Waals surface area contributed by atoms with Crippen LogP contribution in [0.25, 0.3) is 0 Å². The SMILES string of the molecule is CC[C@H](C)[C@H](NC(=O)[C@H](CC(C)C)NC(=O)[C@H](CCC(=O)O)NC(=O)[C@H](CC(N)=O)NC(=O)[C@H](C)NC(=O)CNC(=O)[C@H](Cc1cnc[nH]1)NC(=O)[C@H](CC(=O)O)NC(=O)[C@H](C)NC(=O)[C@H](Cc1ccc(O)cc1)NC(=O)[C@@H]1CCCN1C(=O)[C@@H]1CCCN1C(=O)[C@@H]1CCCN1C(=O)[C@H](CC(N)=O)NC(=O)[C@H](CC(C)C)NC(=O)[C@H](Cc1ccc(O)cc1)NC(=O)[C@@H](N)CCC(N)=O)C(=O)N1CCC[C@H]1C(=O)N[C@@H](C)C(=O)O. The second-order valence-corrected chi connectivity index (χ2v) is 38.3. The predicted octanol–water partition coefficient (Wildman–Crippen LogP) is -6.80. The van der Waals surface area contributed by atoms with E-state index in [1.54, 1.807) is 41.5 Å². The molecular formula is C95H138N24O29. The molecule has 4 saturated heterocycles. The molecule has 1 aromatic heterocycles. The zero-order valence-corrected chi connectivity index (χ0v) is 83.9. The Balaban J connectivity index is 0.979. The number of amides is 21. The third-order valence-corrected chi connectivity index (χ3v) is 25.5. The number of aliphatic carboxylic acids is 3. The maximum atomic E-state index is 15.0. The van der Waals surface area contributed by atoms with Gasteiger partial charge in [-0.2, -0.15) is 0 Å². The van der Waals surface area contributed by atoms with E-state index in [1.165, 1.54) is 82.7 Å². The number of phenolic OH excluding ortho intramolecular Hbond substituents is 2. The summed E-state index contributed by atoms with van der Waals surface area (Å²) < 4.78 is 0. The van der Waals surface area contributed by atoms with E-state index < -0.39 is 302 Å². The summed E-state index contributed by atoms with van der Waals surface area (Å²) in [4.78, 5) is 341. The van der Waals surface area contributed by atoms with E-state index >= 15 is 0 Å². The third kappa shape index (κ3) is 36.6. The highest BCUT2D eigenvalue weighted by molar-refractivity contribution is 6.04. The van der Waals surface area contributed by atoms with Gasteiger partial charge in [-0.25, -0.2) is 4.98 Å². The lowest BCUT2D eigenvalue weighted by atomic mass is 9.95. The summed E-state index contributed by atoms with van der Waals surface area (Å²) >= 11 is 0. The van der Waals surface area contributed by atoms with Gasteiger partial charge in [-0.05, 0) is 151 Å². The molecule has 0 saturated carbocycles. The van der Waals surface area contributed by atoms with Crippen LogP contribution in [0, 0.1) is 17.8 Å². The molecule has 4 aliphatic heterocycles. The highest BCUT2D eigenvalue weighted by Gasteiger charge is 2.49. The number of hydrogen-bond donors (Lipinski definition) is 24. The van der Waals surface area contributed by atoms with Crippen molar-refractivity contribution in [1.82, 2.24) is 104 Å². The quantitative estimate of drug-likeness (QED) is 0.0250. The number of rotatable bonds is 57. The van der Waals surface area contributed by atoms with Gasteiger partial charge in [0.2, 0.25) is 124 Å². The molecule has 19 atom stereocenters. The predicted molar refractivity (Wildman–Crippen MR) is 519 cm³/mol. The summed E-state index contributed by atoms with van der Waals surface area (Å²) in [6, 6.07) is -16.2. The minimum Gasteiger partial charge on any atom is -0.508 e. The van der Waals surface area contributed by atoms with Crippen molar-refractivity contribution in [3.05, 3.63) is 77.9 Å². The summed E-state index contributed by atoms with van der Waals surface area (Å²) in [5, 5.41) is 83.4. The van der Waals surface area contributed by atoms with Crippen LogP contribution >= 0.6 is 0 Å². The molecule has 28 N–H and O–H groups in total. The Morgan fingerprint density at radius 1 is 0.392 bits per heavy atom. The van der Waals surface area contributed by atoms with Crippen LogP contribution in [0.4, 0.5) is 0 Å². The maximum absolute atomic E-state index is 15.0. The van der Waals surface area contributed by atoms with Crippen molar-refractivity contribution < 1.29 is 141 Å². The number of nitrogens with zero attached hydrogens (tertiary/aromatic N) is 5. The Labute approximate surface area is 851 Å². The van der Waals surface area contributed by atoms with Crippen LogP contribution in [0.1, 0.15) is 195 Å². The van der Waals surface area contributed by atoms with Crippen molar-refractivity contribution in [3.63, 3.8) is 0 Å². The zero-order valence-electron chi connectivity index (χ0n) is 83.9. The first-order valence-corrected chi connectivity index (χ1v) is 49.0. The molecule has 0 spiro atoms. The number of carbonyl (C=O) groups is 24. The first-order chi connectivity index (χ1) is 69.7. The smallest absolute Gasteiger partial charge is 0.325 e. The van der Waals surface area contributed by atoms with Gasteiger partial charge in [0.25, 0.3) is 0 Å². The Morgan fingerprint density at radius 2 is 0.791 bits per heavy atom. The molecule has 0 unspecified atom stereocenters. The molecule has 0 bridgehead atoms. The number of likely N-dealkylation sites (tertiary alicyclic amines) is 4. The molecule has 4 fully saturated rings. The standard InChI is InChI=1S/C95H138N24O29/c1-10-48(6)77(94(146)117-32-12-15-67(117)89(141)105-51(9)95(147)148)115-88(140)60(36-47(4)5)110-82(134)58(28-30-75(126)127)106-86(138)64(40-72(98)123)107-78(130)49(7)103-74(125)44-101-81(133)63(39-54-43-100-45-102-54)112-87(139)65(42-76(128)129)108-79(131)50(8)104-83(135)61(37-52-19-23-55(120)24-20-52)113-90(142)68-16-11-31-116(68)92(144)70-18-14-34-119(70)93(145)69-17-13-33-118(69)91(143)66(41-73(99)124)114-84(136)59(35-46(2)3)111-85(137)62(38-53-21-25-56(121)26-22-53)109-80(132)57(96)27-29-71(97)122/h19-26,43,45-51,57-70,77,120-121H,10-18,27-42,44,96H2,1-9H3,(H2,97,122)(H2,98,123)(H2,99,124)(H,100,102)(H,101,133)(H,103,125)(H,104,135)(H,105,141)(H,106,138)(H,107,130)(H,108,131)(H,109,132)(H,110,134)(H,111,137)(H,112,139)(H,113,142)(H,114,136)(H,115,140)(H,126,127)(H,128,129)(H,147,148)/t48-,49-,50-,51-,57-,58-,59-,60-,61-,62-,63-,64-,65-,66-,67-,68-,69-,70-,77-/m0/s1. The van der Waals surface area contributed by atoms with Gasteiger partial charge < -0.3 is 147 Å². The van der Waals surface area contributed by atoms with Gasteiger partial charge >= 0.3 is 17.9 Å². The molecule has 2 aromatic carbocycles. The lowest BCUT2D eigenvalue weighted by molar-refractivity contribution is -0.151. The van der Waals surface area contributed by atoms with Crippen LogP contribution < -0.4 is 97.4 Å². The Hall–Kier alpha value is -15.5. The van der Waals surface area contributed by atoms with E-state index in [0.29, 0.717) is 24.0 Å². The maximum Gasteiger partial charge on any atom is 0.325 e. The molecule has 0 radical (unpaired) electrons. The average Bonchev–Trinajstić information content (AvgIpc) is 1.64. The van der Waals surface area contributed by atoms with Crippen LogP contribution in [0.5, 0.6) is 11.5 Å². The van der Waals surface area contributed by atoms with E-state index in [9.17, 15) is 141 Å². The summed E-state index contributed by atoms with van der Waals surface area (Å²) in [5.41, 5.74) is 23.5. The Kier molecular flexibility index (Phi) is 45.9. The van der Waals surface area contributed by atoms with Gasteiger partial charge in [0.15, 0.2) is 0 Å². The fourth-order valence-electron chi connectivity index (χ4n) is 17.3. The van der Waals surface area contributed by atoms with Gasteiger partial charge in [-0.3, -0.25) is 115 Å². The molecule has 53 nitrogen and oxygen atoms in total. The van der Waals surface area contributed by atoms with Crippen molar-refractivity contribution in [3.8, 4) is 11.5 Å². The van der Waals surface area contributed by atoms with Crippen molar-refractivity contribution >= 4 is 142 Å². The molecule has 53 heteroatoms. The second kappa shape index (κ2) is 56.8. The van der Waals surface area contributed by atoms with Crippen LogP contribution in [0.2, 0.25) is 0 Å². The number of primary amides is 3. The fourth-order valence-corrected chi connectivity index (χ4v) is 17.3. The molecule has 3 aromatic rings. The molecular weight excluding hydrogens is 1940 g/mol. The lowest BCUT2D eigenvalue weighted by Gasteiger charge is -2.35. The lowest BCUT2D eigenvalue weighted by Crippen LogP contribution is -2.61. The number of imidazole rings is 1. The Bertz CT molecular complexity index is 5300. The summed E-state index contributed by atoms with van der Waals surface area (Å²) in [5.74, 6) is -26.5. The van der Waals surface area contributed by atoms with Crippen LogP contribution in [-0.2, 0) is 134 Å². The van der Waals surface area contributed by atoms with Crippen molar-refractivity contribution in [1.29, 1.82) is 0 Å². The highest BCUT2D eigenvalue weighted by Crippen LogP contribution is 2.31. The molecule has 7 rings (SSSR count). The molecule has 5 heterocycles. The third-order valence-electron chi connectivity index (χ3n) is 25.5. The van der Waals surface area contributed by atoms with E-state index in [-0.39, 0.29) is 139 Å². The average molecular weight is 2080 g/mol. The number of aromatic amines is 1. The largest absolute Gasteiger partial charge is 0.508 e. The van der Waals surface area contributed by atoms with Gasteiger partial charge in [-0.15, -0.1) is 0 Å². The number of phenols is 2. The minimum absolute atomic E-state index is 0.00451. The van der Waals surface area contributed by atoms with Gasteiger partial charge in [0, 0.05) is 70.2 Å². The number of aromatic hydroxyl groups is 2. The molecule has 812 valence electrons. The van der Waals surface area contributed by atoms with Gasteiger partial charge in [-0.1, -0.05) is 72.2 Å². The summed E-state index contributed by atoms with van der Waals surface area (Å²) in [6.45, 7) is 12.7.